The third-order valence-corrected chi connectivity index (χ3v) is 5.97. The fourth-order valence-corrected chi connectivity index (χ4v) is 4.28. The van der Waals surface area contributed by atoms with Crippen LogP contribution in [0, 0.1) is 11.6 Å². The van der Waals surface area contributed by atoms with Crippen molar-refractivity contribution in [2.45, 2.75) is 24.9 Å². The highest BCUT2D eigenvalue weighted by atomic mass is 19.1. The molecule has 0 amide bonds. The zero-order chi connectivity index (χ0) is 24.8. The number of halogens is 2. The molecule has 0 aliphatic carbocycles. The second kappa shape index (κ2) is 11.2. The number of nitrogens with one attached hydrogen (secondary N) is 1. The summed E-state index contributed by atoms with van der Waals surface area (Å²) in [7, 11) is 1.44. The summed E-state index contributed by atoms with van der Waals surface area (Å²) in [4.78, 5) is 10.8. The molecule has 0 fully saturated rings. The lowest BCUT2D eigenvalue weighted by Gasteiger charge is -2.33. The van der Waals surface area contributed by atoms with Crippen LogP contribution in [0.25, 0.3) is 0 Å². The van der Waals surface area contributed by atoms with Crippen LogP contribution in [0.2, 0.25) is 0 Å². The normalized spacial score (nSPS) is 16.8. The lowest BCUT2D eigenvalue weighted by atomic mass is 9.84. The maximum atomic E-state index is 14.2. The van der Waals surface area contributed by atoms with Gasteiger partial charge in [-0.2, -0.15) is 0 Å². The molecule has 35 heavy (non-hydrogen) atoms. The van der Waals surface area contributed by atoms with Crippen LogP contribution in [0.4, 0.5) is 8.78 Å². The summed E-state index contributed by atoms with van der Waals surface area (Å²) in [5, 5.41) is 12.3. The van der Waals surface area contributed by atoms with Crippen molar-refractivity contribution < 1.29 is 32.9 Å². The highest BCUT2D eigenvalue weighted by Crippen LogP contribution is 2.41. The molecule has 8 heteroatoms. The van der Waals surface area contributed by atoms with Gasteiger partial charge in [0.25, 0.3) is 0 Å². The molecule has 0 aromatic heterocycles. The van der Waals surface area contributed by atoms with Gasteiger partial charge in [0.2, 0.25) is 0 Å². The van der Waals surface area contributed by atoms with Crippen LogP contribution in [0.15, 0.2) is 60.7 Å². The summed E-state index contributed by atoms with van der Waals surface area (Å²) < 4.78 is 44.2. The van der Waals surface area contributed by atoms with Crippen molar-refractivity contribution in [2.24, 2.45) is 0 Å². The van der Waals surface area contributed by atoms with Crippen LogP contribution < -0.4 is 19.5 Å². The van der Waals surface area contributed by atoms with Crippen LogP contribution >= 0.6 is 0 Å². The number of para-hydroxylation sites is 1. The van der Waals surface area contributed by atoms with E-state index < -0.39 is 18.4 Å². The van der Waals surface area contributed by atoms with E-state index in [2.05, 4.69) is 5.32 Å². The summed E-state index contributed by atoms with van der Waals surface area (Å²) in [6.45, 7) is 0.647. The number of ether oxygens (including phenoxy) is 3. The van der Waals surface area contributed by atoms with Crippen molar-refractivity contribution in [1.29, 1.82) is 0 Å². The first kappa shape index (κ1) is 24.5. The number of methoxy groups -OCH3 is 1. The molecule has 0 spiro atoms. The fourth-order valence-electron chi connectivity index (χ4n) is 4.28. The molecule has 4 rings (SSSR count). The molecule has 184 valence electrons. The quantitative estimate of drug-likeness (QED) is 0.412. The molecular formula is C27H27F2NO5. The molecule has 1 aliphatic heterocycles. The molecule has 0 radical (unpaired) electrons. The number of fused-ring (bicyclic) bond motifs is 1. The average Bonchev–Trinajstić information content (AvgIpc) is 2.86. The molecule has 6 nitrogen and oxygen atoms in total. The van der Waals surface area contributed by atoms with Crippen LogP contribution in [0.1, 0.15) is 29.0 Å². The second-order valence-corrected chi connectivity index (χ2v) is 8.36. The monoisotopic (exact) mass is 483 g/mol. The van der Waals surface area contributed by atoms with Gasteiger partial charge in [0.1, 0.15) is 11.9 Å². The van der Waals surface area contributed by atoms with E-state index in [0.717, 1.165) is 22.4 Å². The molecule has 0 saturated heterocycles. The van der Waals surface area contributed by atoms with Gasteiger partial charge in [-0.05, 0) is 60.8 Å². The van der Waals surface area contributed by atoms with Gasteiger partial charge in [-0.1, -0.05) is 30.3 Å². The van der Waals surface area contributed by atoms with E-state index in [-0.39, 0.29) is 29.3 Å². The van der Waals surface area contributed by atoms with E-state index in [1.165, 1.54) is 19.2 Å². The number of hydrogen-bond donors (Lipinski definition) is 2. The number of carboxylic acids is 1. The predicted molar refractivity (Wildman–Crippen MR) is 126 cm³/mol. The average molecular weight is 484 g/mol. The van der Waals surface area contributed by atoms with Crippen LogP contribution in [0.3, 0.4) is 0 Å². The Labute approximate surface area is 202 Å². The van der Waals surface area contributed by atoms with Gasteiger partial charge in [-0.25, -0.2) is 13.6 Å². The highest BCUT2D eigenvalue weighted by Gasteiger charge is 2.29. The Morgan fingerprint density at radius 3 is 2.66 bits per heavy atom. The van der Waals surface area contributed by atoms with Gasteiger partial charge < -0.3 is 24.6 Å². The van der Waals surface area contributed by atoms with Crippen molar-refractivity contribution in [3.05, 3.63) is 89.0 Å². The van der Waals surface area contributed by atoms with Gasteiger partial charge in [0.15, 0.2) is 29.7 Å². The first-order chi connectivity index (χ1) is 16.9. The highest BCUT2D eigenvalue weighted by molar-refractivity contribution is 5.68. The summed E-state index contributed by atoms with van der Waals surface area (Å²) in [5.74, 6) is -1.33. The molecule has 2 unspecified atom stereocenters. The predicted octanol–water partition coefficient (Wildman–Crippen LogP) is 4.55. The number of aliphatic carboxylic acids is 1. The van der Waals surface area contributed by atoms with E-state index >= 15 is 0 Å². The third kappa shape index (κ3) is 6.08. The van der Waals surface area contributed by atoms with Crippen molar-refractivity contribution in [3.63, 3.8) is 0 Å². The molecule has 0 saturated carbocycles. The SMILES string of the molecule is COc1cc(CCNCC2CC(c3ccc(F)c(OCC(=O)O)c3)c3ccccc3O2)ccc1F. The first-order valence-electron chi connectivity index (χ1n) is 11.4. The van der Waals surface area contributed by atoms with Gasteiger partial charge in [0, 0.05) is 18.0 Å². The van der Waals surface area contributed by atoms with Crippen LogP contribution in [-0.2, 0) is 11.2 Å². The van der Waals surface area contributed by atoms with Crippen molar-refractivity contribution in [1.82, 2.24) is 5.32 Å². The Morgan fingerprint density at radius 2 is 1.86 bits per heavy atom. The Morgan fingerprint density at radius 1 is 1.09 bits per heavy atom. The van der Waals surface area contributed by atoms with E-state index in [4.69, 9.17) is 19.3 Å². The van der Waals surface area contributed by atoms with E-state index in [0.29, 0.717) is 25.9 Å². The van der Waals surface area contributed by atoms with Gasteiger partial charge in [-0.15, -0.1) is 0 Å². The summed E-state index contributed by atoms with van der Waals surface area (Å²) >= 11 is 0. The molecule has 3 aromatic rings. The molecule has 2 N–H and O–H groups in total. The summed E-state index contributed by atoms with van der Waals surface area (Å²) in [6, 6.07) is 17.1. The standard InChI is InChI=1S/C27H27F2NO5/c1-33-25-12-17(6-8-22(25)28)10-11-30-15-19-14-21(20-4-2-3-5-24(20)35-19)18-7-9-23(29)26(13-18)34-16-27(31)32/h2-9,12-13,19,21,30H,10-11,14-16H2,1H3,(H,31,32). The van der Waals surface area contributed by atoms with E-state index in [1.54, 1.807) is 24.3 Å². The van der Waals surface area contributed by atoms with Gasteiger partial charge in [-0.3, -0.25) is 0 Å². The number of benzene rings is 3. The number of rotatable bonds is 10. The molecule has 3 aromatic carbocycles. The molecular weight excluding hydrogens is 456 g/mol. The Balaban J connectivity index is 1.43. The van der Waals surface area contributed by atoms with Crippen molar-refractivity contribution in [2.75, 3.05) is 26.8 Å². The van der Waals surface area contributed by atoms with Crippen molar-refractivity contribution >= 4 is 5.97 Å². The molecule has 0 bridgehead atoms. The fraction of sp³-hybridized carbons (Fsp3) is 0.296. The topological polar surface area (TPSA) is 77.0 Å². The number of carbonyl (C=O) groups is 1. The molecule has 1 heterocycles. The maximum Gasteiger partial charge on any atom is 0.341 e. The van der Waals surface area contributed by atoms with Gasteiger partial charge >= 0.3 is 5.97 Å². The largest absolute Gasteiger partial charge is 0.494 e. The zero-order valence-corrected chi connectivity index (χ0v) is 19.3. The lowest BCUT2D eigenvalue weighted by Crippen LogP contribution is -2.36. The smallest absolute Gasteiger partial charge is 0.341 e. The summed E-state index contributed by atoms with van der Waals surface area (Å²) in [5.41, 5.74) is 2.77. The molecule has 1 aliphatic rings. The number of hydrogen-bond acceptors (Lipinski definition) is 5. The zero-order valence-electron chi connectivity index (χ0n) is 19.3. The lowest BCUT2D eigenvalue weighted by molar-refractivity contribution is -0.139. The minimum absolute atomic E-state index is 0.0686. The van der Waals surface area contributed by atoms with Crippen molar-refractivity contribution in [3.8, 4) is 17.2 Å². The summed E-state index contributed by atoms with van der Waals surface area (Å²) in [6.07, 6.45) is 1.22. The van der Waals surface area contributed by atoms with Gasteiger partial charge in [0.05, 0.1) is 7.11 Å². The van der Waals surface area contributed by atoms with E-state index in [1.807, 2.05) is 24.3 Å². The third-order valence-electron chi connectivity index (χ3n) is 5.97. The van der Waals surface area contributed by atoms with Crippen LogP contribution in [0.5, 0.6) is 17.2 Å². The van der Waals surface area contributed by atoms with E-state index in [9.17, 15) is 13.6 Å². The Bertz CT molecular complexity index is 1190. The second-order valence-electron chi connectivity index (χ2n) is 8.36. The maximum absolute atomic E-state index is 14.2. The Kier molecular flexibility index (Phi) is 7.82. The minimum atomic E-state index is -1.17. The Hall–Kier alpha value is -3.65. The minimum Gasteiger partial charge on any atom is -0.494 e. The molecule has 2 atom stereocenters. The number of carboxylic acid groups (broad SMARTS) is 1. The first-order valence-corrected chi connectivity index (χ1v) is 11.4. The van der Waals surface area contributed by atoms with Crippen LogP contribution in [-0.4, -0.2) is 44.0 Å².